The lowest BCUT2D eigenvalue weighted by molar-refractivity contribution is -0.127. The van der Waals surface area contributed by atoms with E-state index in [9.17, 15) is 9.59 Å². The van der Waals surface area contributed by atoms with Gasteiger partial charge in [0.25, 0.3) is 0 Å². The van der Waals surface area contributed by atoms with Gasteiger partial charge in [0.05, 0.1) is 6.42 Å². The highest BCUT2D eigenvalue weighted by atomic mass is 16.1. The average molecular weight is 156 g/mol. The maximum atomic E-state index is 11.0. The molecule has 0 bridgehead atoms. The van der Waals surface area contributed by atoms with Crippen molar-refractivity contribution in [2.24, 2.45) is 5.92 Å². The summed E-state index contributed by atoms with van der Waals surface area (Å²) in [6.07, 6.45) is 1.14. The fraction of sp³-hybridized carbons (Fsp3) is 0.778. The molecule has 0 aliphatic heterocycles. The van der Waals surface area contributed by atoms with E-state index in [0.717, 1.165) is 0 Å². The third-order valence-corrected chi connectivity index (χ3v) is 1.42. The van der Waals surface area contributed by atoms with Crippen LogP contribution in [0.2, 0.25) is 0 Å². The van der Waals surface area contributed by atoms with E-state index in [1.165, 1.54) is 0 Å². The quantitative estimate of drug-likeness (QED) is 0.570. The topological polar surface area (TPSA) is 34.1 Å². The zero-order chi connectivity index (χ0) is 8.85. The van der Waals surface area contributed by atoms with Crippen LogP contribution in [0.15, 0.2) is 0 Å². The summed E-state index contributed by atoms with van der Waals surface area (Å²) in [5.41, 5.74) is 0. The number of Topliss-reactive ketones (excluding diaryl/α,β-unsaturated/α-hetero) is 2. The summed E-state index contributed by atoms with van der Waals surface area (Å²) < 4.78 is 0. The Balaban J connectivity index is 3.61. The lowest BCUT2D eigenvalue weighted by Gasteiger charge is -2.01. The van der Waals surface area contributed by atoms with Crippen molar-refractivity contribution in [2.45, 2.75) is 40.0 Å². The van der Waals surface area contributed by atoms with Gasteiger partial charge in [-0.3, -0.25) is 9.59 Å². The number of hydrogen-bond donors (Lipinski definition) is 0. The monoisotopic (exact) mass is 156 g/mol. The first-order valence-corrected chi connectivity index (χ1v) is 4.09. The molecular formula is C9H16O2. The van der Waals surface area contributed by atoms with Gasteiger partial charge in [-0.1, -0.05) is 20.8 Å². The van der Waals surface area contributed by atoms with Crippen LogP contribution in [0.25, 0.3) is 0 Å². The van der Waals surface area contributed by atoms with E-state index in [1.807, 2.05) is 13.8 Å². The lowest BCUT2D eigenvalue weighted by Crippen LogP contribution is -2.08. The van der Waals surface area contributed by atoms with Crippen molar-refractivity contribution in [1.29, 1.82) is 0 Å². The Morgan fingerprint density at radius 2 is 1.73 bits per heavy atom. The molecule has 0 unspecified atom stereocenters. The van der Waals surface area contributed by atoms with Crippen LogP contribution in [-0.2, 0) is 9.59 Å². The predicted molar refractivity (Wildman–Crippen MR) is 44.4 cm³/mol. The van der Waals surface area contributed by atoms with Gasteiger partial charge >= 0.3 is 0 Å². The van der Waals surface area contributed by atoms with Crippen molar-refractivity contribution < 1.29 is 9.59 Å². The number of hydrogen-bond acceptors (Lipinski definition) is 2. The molecule has 0 amide bonds. The van der Waals surface area contributed by atoms with Crippen LogP contribution in [0.1, 0.15) is 40.0 Å². The number of carbonyl (C=O) groups excluding carboxylic acids is 2. The number of rotatable bonds is 5. The standard InChI is InChI=1S/C9H16O2/c1-4-8(10)6-9(11)5-7(2)3/h7H,4-6H2,1-3H3. The minimum absolute atomic E-state index is 0.0515. The second kappa shape index (κ2) is 5.05. The van der Waals surface area contributed by atoms with Crippen molar-refractivity contribution in [2.75, 3.05) is 0 Å². The Bertz CT molecular complexity index is 148. The summed E-state index contributed by atoms with van der Waals surface area (Å²) in [5.74, 6) is 0.495. The van der Waals surface area contributed by atoms with Gasteiger partial charge in [-0.15, -0.1) is 0 Å². The molecule has 0 fully saturated rings. The van der Waals surface area contributed by atoms with E-state index in [1.54, 1.807) is 6.92 Å². The molecule has 0 rings (SSSR count). The van der Waals surface area contributed by atoms with Crippen LogP contribution in [-0.4, -0.2) is 11.6 Å². The van der Waals surface area contributed by atoms with Gasteiger partial charge in [0.15, 0.2) is 0 Å². The molecule has 0 saturated carbocycles. The summed E-state index contributed by atoms with van der Waals surface area (Å²) >= 11 is 0. The van der Waals surface area contributed by atoms with Gasteiger partial charge in [-0.2, -0.15) is 0 Å². The molecule has 0 aromatic heterocycles. The molecule has 2 nitrogen and oxygen atoms in total. The maximum Gasteiger partial charge on any atom is 0.140 e. The smallest absolute Gasteiger partial charge is 0.140 e. The van der Waals surface area contributed by atoms with Crippen LogP contribution in [0.4, 0.5) is 0 Å². The predicted octanol–water partition coefficient (Wildman–Crippen LogP) is 1.97. The largest absolute Gasteiger partial charge is 0.299 e. The first kappa shape index (κ1) is 10.3. The second-order valence-corrected chi connectivity index (χ2v) is 3.21. The lowest BCUT2D eigenvalue weighted by atomic mass is 10.0. The molecule has 11 heavy (non-hydrogen) atoms. The molecule has 0 heterocycles. The minimum Gasteiger partial charge on any atom is -0.299 e. The van der Waals surface area contributed by atoms with Crippen molar-refractivity contribution in [3.05, 3.63) is 0 Å². The van der Waals surface area contributed by atoms with Crippen molar-refractivity contribution in [1.82, 2.24) is 0 Å². The highest BCUT2D eigenvalue weighted by Gasteiger charge is 2.08. The minimum atomic E-state index is 0.0515. The SMILES string of the molecule is CCC(=O)CC(=O)CC(C)C. The van der Waals surface area contributed by atoms with Crippen LogP contribution >= 0.6 is 0 Å². The number of ketones is 2. The van der Waals surface area contributed by atoms with Crippen molar-refractivity contribution in [3.8, 4) is 0 Å². The zero-order valence-corrected chi connectivity index (χ0v) is 7.52. The first-order chi connectivity index (χ1) is 5.06. The molecule has 0 aliphatic rings. The van der Waals surface area contributed by atoms with E-state index in [0.29, 0.717) is 18.8 Å². The van der Waals surface area contributed by atoms with Crippen LogP contribution in [0.3, 0.4) is 0 Å². The summed E-state index contributed by atoms with van der Waals surface area (Å²) in [6.45, 7) is 5.74. The molecule has 0 atom stereocenters. The fourth-order valence-corrected chi connectivity index (χ4v) is 0.872. The van der Waals surface area contributed by atoms with E-state index >= 15 is 0 Å². The Morgan fingerprint density at radius 3 is 2.09 bits per heavy atom. The Hall–Kier alpha value is -0.660. The molecule has 0 radical (unpaired) electrons. The van der Waals surface area contributed by atoms with Gasteiger partial charge in [0, 0.05) is 12.8 Å². The Morgan fingerprint density at radius 1 is 1.18 bits per heavy atom. The molecule has 0 aromatic carbocycles. The molecule has 0 spiro atoms. The van der Waals surface area contributed by atoms with Crippen molar-refractivity contribution >= 4 is 11.6 Å². The zero-order valence-electron chi connectivity index (χ0n) is 7.52. The van der Waals surface area contributed by atoms with Crippen LogP contribution in [0, 0.1) is 5.92 Å². The highest BCUT2D eigenvalue weighted by Crippen LogP contribution is 2.03. The van der Waals surface area contributed by atoms with Gasteiger partial charge in [0.1, 0.15) is 11.6 Å². The summed E-state index contributed by atoms with van der Waals surface area (Å²) in [5, 5.41) is 0. The summed E-state index contributed by atoms with van der Waals surface area (Å²) in [6, 6.07) is 0. The van der Waals surface area contributed by atoms with Crippen LogP contribution < -0.4 is 0 Å². The molecule has 0 aliphatic carbocycles. The first-order valence-electron chi connectivity index (χ1n) is 4.09. The van der Waals surface area contributed by atoms with Gasteiger partial charge in [0.2, 0.25) is 0 Å². The Labute approximate surface area is 68.0 Å². The molecule has 0 aromatic rings. The molecule has 0 saturated heterocycles. The third-order valence-electron chi connectivity index (χ3n) is 1.42. The van der Waals surface area contributed by atoms with E-state index in [4.69, 9.17) is 0 Å². The second-order valence-electron chi connectivity index (χ2n) is 3.21. The molecule has 64 valence electrons. The fourth-order valence-electron chi connectivity index (χ4n) is 0.872. The van der Waals surface area contributed by atoms with Crippen molar-refractivity contribution in [3.63, 3.8) is 0 Å². The summed E-state index contributed by atoms with van der Waals surface area (Å²) in [4.78, 5) is 21.8. The van der Waals surface area contributed by atoms with Gasteiger partial charge in [-0.25, -0.2) is 0 Å². The average Bonchev–Trinajstić information content (AvgIpc) is 1.85. The molecular weight excluding hydrogens is 140 g/mol. The summed E-state index contributed by atoms with van der Waals surface area (Å²) in [7, 11) is 0. The number of carbonyl (C=O) groups is 2. The maximum absolute atomic E-state index is 11.0. The van der Waals surface area contributed by atoms with E-state index in [2.05, 4.69) is 0 Å². The van der Waals surface area contributed by atoms with E-state index < -0.39 is 0 Å². The van der Waals surface area contributed by atoms with E-state index in [-0.39, 0.29) is 18.0 Å². The van der Waals surface area contributed by atoms with Gasteiger partial charge in [-0.05, 0) is 5.92 Å². The highest BCUT2D eigenvalue weighted by molar-refractivity contribution is 5.98. The molecule has 2 heteroatoms. The Kier molecular flexibility index (Phi) is 4.75. The van der Waals surface area contributed by atoms with Crippen LogP contribution in [0.5, 0.6) is 0 Å². The molecule has 0 N–H and O–H groups in total. The third kappa shape index (κ3) is 5.77. The normalized spacial score (nSPS) is 10.2. The van der Waals surface area contributed by atoms with Gasteiger partial charge < -0.3 is 0 Å².